The van der Waals surface area contributed by atoms with Crippen LogP contribution in [0.25, 0.3) is 0 Å². The second kappa shape index (κ2) is 4.73. The molecule has 8 heteroatoms. The third kappa shape index (κ3) is 2.94. The van der Waals surface area contributed by atoms with Crippen molar-refractivity contribution in [1.29, 1.82) is 0 Å². The van der Waals surface area contributed by atoms with E-state index in [4.69, 9.17) is 10.8 Å². The maximum absolute atomic E-state index is 10.5. The molecule has 0 bridgehead atoms. The first-order chi connectivity index (χ1) is 7.50. The Labute approximate surface area is 89.5 Å². The lowest BCUT2D eigenvalue weighted by atomic mass is 10.2. The molecule has 1 aromatic rings. The summed E-state index contributed by atoms with van der Waals surface area (Å²) in [5.41, 5.74) is 6.58. The lowest BCUT2D eigenvalue weighted by Gasteiger charge is -1.97. The number of benzene rings is 1. The maximum Gasteiger partial charge on any atom is 0.332 e. The molecule has 0 radical (unpaired) electrons. The molecule has 0 aliphatic carbocycles. The minimum atomic E-state index is -0.843. The van der Waals surface area contributed by atoms with Crippen molar-refractivity contribution in [2.24, 2.45) is 10.8 Å². The molecule has 8 nitrogen and oxygen atoms in total. The van der Waals surface area contributed by atoms with Gasteiger partial charge in [-0.2, -0.15) is 5.10 Å². The molecule has 0 unspecified atom stereocenters. The highest BCUT2D eigenvalue weighted by Gasteiger charge is 2.12. The quantitative estimate of drug-likeness (QED) is 0.387. The predicted molar refractivity (Wildman–Crippen MR) is 55.1 cm³/mol. The third-order valence-corrected chi connectivity index (χ3v) is 1.58. The van der Waals surface area contributed by atoms with Crippen molar-refractivity contribution >= 4 is 17.9 Å². The van der Waals surface area contributed by atoms with E-state index in [9.17, 15) is 14.9 Å². The fourth-order valence-corrected chi connectivity index (χ4v) is 0.937. The van der Waals surface area contributed by atoms with Crippen LogP contribution in [0.4, 0.5) is 10.5 Å². The van der Waals surface area contributed by atoms with Crippen LogP contribution in [0.3, 0.4) is 0 Å². The number of carbonyl (C=O) groups excluding carboxylic acids is 1. The number of hydrazone groups is 1. The van der Waals surface area contributed by atoms with Gasteiger partial charge in [-0.1, -0.05) is 0 Å². The molecule has 2 amide bonds. The minimum absolute atomic E-state index is 0.346. The van der Waals surface area contributed by atoms with Gasteiger partial charge in [-0.15, -0.1) is 0 Å². The van der Waals surface area contributed by atoms with Crippen LogP contribution in [0.15, 0.2) is 23.3 Å². The molecule has 0 aliphatic rings. The summed E-state index contributed by atoms with van der Waals surface area (Å²) < 4.78 is 0. The molecule has 1 rings (SSSR count). The summed E-state index contributed by atoms with van der Waals surface area (Å²) in [6.45, 7) is 0. The zero-order valence-electron chi connectivity index (χ0n) is 7.95. The molecule has 0 saturated carbocycles. The fraction of sp³-hybridized carbons (Fsp3) is 0. The van der Waals surface area contributed by atoms with E-state index < -0.39 is 22.4 Å². The molecule has 0 atom stereocenters. The van der Waals surface area contributed by atoms with Gasteiger partial charge in [-0.25, -0.2) is 10.2 Å². The number of carbonyl (C=O) groups is 1. The van der Waals surface area contributed by atoms with Gasteiger partial charge in [0.2, 0.25) is 0 Å². The maximum atomic E-state index is 10.5. The number of nitrogens with zero attached hydrogens (tertiary/aromatic N) is 2. The molecule has 16 heavy (non-hydrogen) atoms. The number of hydrogen-bond acceptors (Lipinski definition) is 5. The van der Waals surface area contributed by atoms with Gasteiger partial charge in [0.25, 0.3) is 0 Å². The Kier molecular flexibility index (Phi) is 3.38. The van der Waals surface area contributed by atoms with Crippen LogP contribution < -0.4 is 11.2 Å². The summed E-state index contributed by atoms with van der Waals surface area (Å²) in [6.07, 6.45) is 1.16. The molecular formula is C8H8N4O4. The third-order valence-electron chi connectivity index (χ3n) is 1.58. The SMILES string of the molecule is NC(=O)NN=Cc1ccc(O)c([N+](=O)[O-])c1. The van der Waals surface area contributed by atoms with Gasteiger partial charge in [0.15, 0.2) is 5.75 Å². The molecule has 1 aromatic carbocycles. The first kappa shape index (κ1) is 11.4. The molecular weight excluding hydrogens is 216 g/mol. The van der Waals surface area contributed by atoms with E-state index in [0.717, 1.165) is 18.3 Å². The number of urea groups is 1. The Morgan fingerprint density at radius 1 is 1.62 bits per heavy atom. The Morgan fingerprint density at radius 3 is 2.88 bits per heavy atom. The van der Waals surface area contributed by atoms with E-state index in [1.165, 1.54) is 6.07 Å². The van der Waals surface area contributed by atoms with E-state index in [1.54, 1.807) is 0 Å². The van der Waals surface area contributed by atoms with Crippen LogP contribution in [-0.4, -0.2) is 22.3 Å². The van der Waals surface area contributed by atoms with Crippen molar-refractivity contribution in [2.75, 3.05) is 0 Å². The Balaban J connectivity index is 2.91. The normalized spacial score (nSPS) is 10.2. The lowest BCUT2D eigenvalue weighted by molar-refractivity contribution is -0.385. The van der Waals surface area contributed by atoms with E-state index in [-0.39, 0.29) is 0 Å². The Bertz CT molecular complexity index is 457. The zero-order chi connectivity index (χ0) is 12.1. The van der Waals surface area contributed by atoms with Crippen LogP contribution in [0.2, 0.25) is 0 Å². The van der Waals surface area contributed by atoms with Crippen LogP contribution in [0.5, 0.6) is 5.75 Å². The Hall–Kier alpha value is -2.64. The number of aromatic hydroxyl groups is 1. The van der Waals surface area contributed by atoms with E-state index >= 15 is 0 Å². The van der Waals surface area contributed by atoms with Crippen LogP contribution >= 0.6 is 0 Å². The number of nitrogens with two attached hydrogens (primary N) is 1. The number of hydrogen-bond donors (Lipinski definition) is 3. The zero-order valence-corrected chi connectivity index (χ0v) is 7.95. The number of nitrogens with one attached hydrogen (secondary N) is 1. The lowest BCUT2D eigenvalue weighted by Crippen LogP contribution is -2.24. The molecule has 0 aromatic heterocycles. The van der Waals surface area contributed by atoms with Gasteiger partial charge < -0.3 is 10.8 Å². The number of primary amides is 1. The summed E-state index contributed by atoms with van der Waals surface area (Å²) in [5.74, 6) is -0.440. The predicted octanol–water partition coefficient (Wildman–Crippen LogP) is 0.303. The second-order valence-corrected chi connectivity index (χ2v) is 2.74. The van der Waals surface area contributed by atoms with Crippen molar-refractivity contribution in [3.8, 4) is 5.75 Å². The van der Waals surface area contributed by atoms with E-state index in [0.29, 0.717) is 5.56 Å². The molecule has 0 heterocycles. The van der Waals surface area contributed by atoms with Crippen LogP contribution in [0.1, 0.15) is 5.56 Å². The van der Waals surface area contributed by atoms with E-state index in [1.807, 2.05) is 5.43 Å². The van der Waals surface area contributed by atoms with Gasteiger partial charge in [-0.3, -0.25) is 10.1 Å². The number of rotatable bonds is 3. The summed E-state index contributed by atoms with van der Waals surface area (Å²) >= 11 is 0. The first-order valence-corrected chi connectivity index (χ1v) is 4.06. The largest absolute Gasteiger partial charge is 0.502 e. The highest BCUT2D eigenvalue weighted by atomic mass is 16.6. The molecule has 0 fully saturated rings. The van der Waals surface area contributed by atoms with Crippen molar-refractivity contribution in [2.45, 2.75) is 0 Å². The van der Waals surface area contributed by atoms with Crippen molar-refractivity contribution in [3.05, 3.63) is 33.9 Å². The fourth-order valence-electron chi connectivity index (χ4n) is 0.937. The van der Waals surface area contributed by atoms with Crippen molar-refractivity contribution in [3.63, 3.8) is 0 Å². The average Bonchev–Trinajstić information content (AvgIpc) is 2.19. The minimum Gasteiger partial charge on any atom is -0.502 e. The summed E-state index contributed by atoms with van der Waals surface area (Å²) in [6, 6.07) is 2.82. The Morgan fingerprint density at radius 2 is 2.31 bits per heavy atom. The van der Waals surface area contributed by atoms with Crippen LogP contribution in [-0.2, 0) is 0 Å². The summed E-state index contributed by atoms with van der Waals surface area (Å²) in [5, 5.41) is 23.0. The van der Waals surface area contributed by atoms with Gasteiger partial charge in [0, 0.05) is 11.6 Å². The number of nitro groups is 1. The molecule has 4 N–H and O–H groups in total. The van der Waals surface area contributed by atoms with Crippen LogP contribution in [0, 0.1) is 10.1 Å². The average molecular weight is 224 g/mol. The van der Waals surface area contributed by atoms with Gasteiger partial charge >= 0.3 is 11.7 Å². The number of phenols is 1. The summed E-state index contributed by atoms with van der Waals surface area (Å²) in [4.78, 5) is 20.0. The first-order valence-electron chi connectivity index (χ1n) is 4.06. The molecule has 0 aliphatic heterocycles. The van der Waals surface area contributed by atoms with Gasteiger partial charge in [-0.05, 0) is 12.1 Å². The highest BCUT2D eigenvalue weighted by molar-refractivity contribution is 5.82. The monoisotopic (exact) mass is 224 g/mol. The highest BCUT2D eigenvalue weighted by Crippen LogP contribution is 2.25. The van der Waals surface area contributed by atoms with Crippen molar-refractivity contribution < 1.29 is 14.8 Å². The number of phenolic OH excluding ortho intramolecular Hbond substituents is 1. The van der Waals surface area contributed by atoms with Gasteiger partial charge in [0.1, 0.15) is 0 Å². The second-order valence-electron chi connectivity index (χ2n) is 2.74. The molecule has 0 saturated heterocycles. The number of nitro benzene ring substituents is 1. The smallest absolute Gasteiger partial charge is 0.332 e. The van der Waals surface area contributed by atoms with E-state index in [2.05, 4.69) is 5.10 Å². The van der Waals surface area contributed by atoms with Gasteiger partial charge in [0.05, 0.1) is 11.1 Å². The molecule has 84 valence electrons. The topological polar surface area (TPSA) is 131 Å². The van der Waals surface area contributed by atoms with Crippen molar-refractivity contribution in [1.82, 2.24) is 5.43 Å². The standard InChI is InChI=1S/C8H8N4O4/c9-8(14)11-10-4-5-1-2-7(13)6(3-5)12(15)16/h1-4,13H,(H3,9,11,14). The molecule has 0 spiro atoms. The summed E-state index contributed by atoms with van der Waals surface area (Å²) in [7, 11) is 0. The number of amides is 2.